The molecule has 5 heteroatoms. The van der Waals surface area contributed by atoms with Crippen molar-refractivity contribution in [3.8, 4) is 0 Å². The van der Waals surface area contributed by atoms with Crippen molar-refractivity contribution in [3.05, 3.63) is 0 Å². The van der Waals surface area contributed by atoms with Crippen LogP contribution in [0.25, 0.3) is 0 Å². The van der Waals surface area contributed by atoms with E-state index in [9.17, 15) is 8.42 Å². The molecule has 0 aliphatic carbocycles. The number of alkyl halides is 1. The quantitative estimate of drug-likeness (QED) is 0.323. The molecule has 0 rings (SSSR count). The van der Waals surface area contributed by atoms with Crippen LogP contribution in [-0.4, -0.2) is 26.6 Å². The van der Waals surface area contributed by atoms with Gasteiger partial charge in [-0.1, -0.05) is 64.7 Å². The van der Waals surface area contributed by atoms with Crippen molar-refractivity contribution in [1.29, 1.82) is 0 Å². The normalized spacial score (nSPS) is 11.9. The van der Waals surface area contributed by atoms with Gasteiger partial charge in [0.2, 0.25) is 10.0 Å². The molecule has 1 N–H and O–H groups in total. The molecule has 3 nitrogen and oxygen atoms in total. The maximum absolute atomic E-state index is 11.7. The summed E-state index contributed by atoms with van der Waals surface area (Å²) in [5.74, 6) is 0.926. The summed E-state index contributed by atoms with van der Waals surface area (Å²) < 4.78 is 26.2. The van der Waals surface area contributed by atoms with E-state index in [0.29, 0.717) is 12.4 Å². The topological polar surface area (TPSA) is 46.2 Å². The highest BCUT2D eigenvalue weighted by Crippen LogP contribution is 2.08. The zero-order valence-electron chi connectivity index (χ0n) is 13.7. The maximum Gasteiger partial charge on any atom is 0.211 e. The highest BCUT2D eigenvalue weighted by atomic mass is 35.5. The minimum atomic E-state index is -3.06. The Morgan fingerprint density at radius 1 is 0.762 bits per heavy atom. The van der Waals surface area contributed by atoms with Gasteiger partial charge in [0, 0.05) is 12.4 Å². The lowest BCUT2D eigenvalue weighted by atomic mass is 10.1. The van der Waals surface area contributed by atoms with Crippen LogP contribution in [0.4, 0.5) is 0 Å². The second kappa shape index (κ2) is 15.1. The van der Waals surface area contributed by atoms with Crippen LogP contribution in [0.15, 0.2) is 0 Å². The highest BCUT2D eigenvalue weighted by Gasteiger charge is 2.08. The molecule has 0 saturated heterocycles. The smallest absolute Gasteiger partial charge is 0.211 e. The third kappa shape index (κ3) is 16.4. The third-order valence-corrected chi connectivity index (χ3v) is 5.39. The van der Waals surface area contributed by atoms with Gasteiger partial charge in [0.15, 0.2) is 0 Å². The molecule has 21 heavy (non-hydrogen) atoms. The number of hydrogen-bond donors (Lipinski definition) is 1. The summed E-state index contributed by atoms with van der Waals surface area (Å²) in [4.78, 5) is 0. The van der Waals surface area contributed by atoms with Crippen molar-refractivity contribution >= 4 is 21.6 Å². The highest BCUT2D eigenvalue weighted by molar-refractivity contribution is 7.89. The zero-order valence-corrected chi connectivity index (χ0v) is 15.3. The lowest BCUT2D eigenvalue weighted by Gasteiger charge is -2.06. The van der Waals surface area contributed by atoms with Crippen LogP contribution in [0.5, 0.6) is 0 Å². The minimum Gasteiger partial charge on any atom is -0.215 e. The average molecular weight is 340 g/mol. The Morgan fingerprint density at radius 3 is 1.90 bits per heavy atom. The summed E-state index contributed by atoms with van der Waals surface area (Å²) in [6.07, 6.45) is 13.6. The predicted molar refractivity (Wildman–Crippen MR) is 93.6 cm³/mol. The van der Waals surface area contributed by atoms with Crippen LogP contribution in [0.3, 0.4) is 0 Å². The van der Waals surface area contributed by atoms with E-state index in [-0.39, 0.29) is 5.75 Å². The van der Waals surface area contributed by atoms with Gasteiger partial charge in [0.25, 0.3) is 0 Å². The van der Waals surface area contributed by atoms with Crippen molar-refractivity contribution in [3.63, 3.8) is 0 Å². The van der Waals surface area contributed by atoms with E-state index >= 15 is 0 Å². The fourth-order valence-corrected chi connectivity index (χ4v) is 3.67. The number of hydrogen-bond acceptors (Lipinski definition) is 2. The molecule has 0 spiro atoms. The number of halogens is 1. The molecule has 0 bridgehead atoms. The van der Waals surface area contributed by atoms with E-state index in [4.69, 9.17) is 11.6 Å². The molecule has 0 amide bonds. The average Bonchev–Trinajstić information content (AvgIpc) is 2.45. The van der Waals surface area contributed by atoms with Gasteiger partial charge in [-0.3, -0.25) is 0 Å². The van der Waals surface area contributed by atoms with Crippen molar-refractivity contribution < 1.29 is 8.42 Å². The molecule has 0 atom stereocenters. The predicted octanol–water partition coefficient (Wildman–Crippen LogP) is 4.85. The van der Waals surface area contributed by atoms with Gasteiger partial charge in [0.05, 0.1) is 5.75 Å². The van der Waals surface area contributed by atoms with Gasteiger partial charge < -0.3 is 0 Å². The van der Waals surface area contributed by atoms with E-state index in [1.165, 1.54) is 38.5 Å². The minimum absolute atomic E-state index is 0.256. The first kappa shape index (κ1) is 21.2. The van der Waals surface area contributed by atoms with Crippen LogP contribution >= 0.6 is 11.6 Å². The largest absolute Gasteiger partial charge is 0.215 e. The lowest BCUT2D eigenvalue weighted by molar-refractivity contribution is 0.556. The first-order valence-electron chi connectivity index (χ1n) is 8.65. The summed E-state index contributed by atoms with van der Waals surface area (Å²) in [6, 6.07) is 0. The standard InChI is InChI=1S/C16H34ClNO2S/c1-2-3-4-5-6-7-9-12-15-18-21(19,20)16-13-10-8-11-14-17/h18H,2-16H2,1H3. The number of sulfonamides is 1. The molecular formula is C16H34ClNO2S. The molecule has 0 aliphatic heterocycles. The molecule has 128 valence electrons. The van der Waals surface area contributed by atoms with Crippen LogP contribution in [0.1, 0.15) is 84.0 Å². The fraction of sp³-hybridized carbons (Fsp3) is 1.00. The van der Waals surface area contributed by atoms with Crippen LogP contribution in [-0.2, 0) is 10.0 Å². The lowest BCUT2D eigenvalue weighted by Crippen LogP contribution is -2.27. The molecule has 0 aromatic carbocycles. The van der Waals surface area contributed by atoms with Gasteiger partial charge in [-0.2, -0.15) is 0 Å². The zero-order chi connectivity index (χ0) is 15.8. The van der Waals surface area contributed by atoms with Crippen molar-refractivity contribution in [2.45, 2.75) is 84.0 Å². The first-order chi connectivity index (χ1) is 10.1. The SMILES string of the molecule is CCCCCCCCCCNS(=O)(=O)CCCCCCCl. The monoisotopic (exact) mass is 339 g/mol. The summed E-state index contributed by atoms with van der Waals surface area (Å²) in [5.41, 5.74) is 0. The van der Waals surface area contributed by atoms with Gasteiger partial charge in [-0.15, -0.1) is 11.6 Å². The van der Waals surface area contributed by atoms with Crippen molar-refractivity contribution in [2.24, 2.45) is 0 Å². The van der Waals surface area contributed by atoms with Gasteiger partial charge in [-0.25, -0.2) is 13.1 Å². The van der Waals surface area contributed by atoms with Crippen LogP contribution in [0.2, 0.25) is 0 Å². The van der Waals surface area contributed by atoms with Gasteiger partial charge in [-0.05, 0) is 19.3 Å². The second-order valence-electron chi connectivity index (χ2n) is 5.79. The Labute approximate surface area is 137 Å². The van der Waals surface area contributed by atoms with E-state index in [1.54, 1.807) is 0 Å². The van der Waals surface area contributed by atoms with E-state index in [1.807, 2.05) is 0 Å². The Balaban J connectivity index is 3.36. The van der Waals surface area contributed by atoms with Crippen LogP contribution in [0, 0.1) is 0 Å². The Kier molecular flexibility index (Phi) is 15.3. The van der Waals surface area contributed by atoms with Crippen LogP contribution < -0.4 is 4.72 Å². The third-order valence-electron chi connectivity index (χ3n) is 3.65. The Morgan fingerprint density at radius 2 is 1.29 bits per heavy atom. The molecule has 0 saturated carbocycles. The Bertz CT molecular complexity index is 307. The maximum atomic E-state index is 11.7. The van der Waals surface area contributed by atoms with Crippen molar-refractivity contribution in [2.75, 3.05) is 18.2 Å². The molecule has 0 unspecified atom stereocenters. The van der Waals surface area contributed by atoms with Gasteiger partial charge in [0.1, 0.15) is 0 Å². The molecular weight excluding hydrogens is 306 g/mol. The number of rotatable bonds is 16. The molecule has 0 fully saturated rings. The summed E-state index contributed by atoms with van der Waals surface area (Å²) in [7, 11) is -3.06. The molecule has 0 aromatic heterocycles. The number of nitrogens with one attached hydrogen (secondary N) is 1. The van der Waals surface area contributed by atoms with E-state index in [2.05, 4.69) is 11.6 Å². The molecule has 0 radical (unpaired) electrons. The van der Waals surface area contributed by atoms with Crippen molar-refractivity contribution in [1.82, 2.24) is 4.72 Å². The van der Waals surface area contributed by atoms with Gasteiger partial charge >= 0.3 is 0 Å². The molecule has 0 aromatic rings. The number of unbranched alkanes of at least 4 members (excludes halogenated alkanes) is 10. The molecule has 0 aliphatic rings. The van der Waals surface area contributed by atoms with E-state index in [0.717, 1.165) is 38.5 Å². The van der Waals surface area contributed by atoms with E-state index < -0.39 is 10.0 Å². The summed E-state index contributed by atoms with van der Waals surface area (Å²) in [6.45, 7) is 2.82. The first-order valence-corrected chi connectivity index (χ1v) is 10.8. The Hall–Kier alpha value is 0.200. The summed E-state index contributed by atoms with van der Waals surface area (Å²) in [5, 5.41) is 0. The molecule has 0 heterocycles. The second-order valence-corrected chi connectivity index (χ2v) is 8.10. The summed E-state index contributed by atoms with van der Waals surface area (Å²) >= 11 is 5.59. The fourth-order valence-electron chi connectivity index (χ4n) is 2.30.